The molecule has 0 aliphatic heterocycles. The van der Waals surface area contributed by atoms with E-state index in [0.29, 0.717) is 11.9 Å². The average molecular weight is 272 g/mol. The molecule has 1 fully saturated rings. The van der Waals surface area contributed by atoms with Crippen LogP contribution in [-0.2, 0) is 4.74 Å². The third kappa shape index (κ3) is 4.62. The Balaban J connectivity index is 1.63. The zero-order valence-electron chi connectivity index (χ0n) is 10.4. The van der Waals surface area contributed by atoms with Crippen LogP contribution in [0.4, 0.5) is 11.9 Å². The van der Waals surface area contributed by atoms with Gasteiger partial charge in [0.1, 0.15) is 0 Å². The van der Waals surface area contributed by atoms with E-state index in [0.717, 1.165) is 32.1 Å². The molecule has 1 heterocycles. The summed E-state index contributed by atoms with van der Waals surface area (Å²) in [6, 6.07) is 0. The van der Waals surface area contributed by atoms with Crippen molar-refractivity contribution in [3.63, 3.8) is 0 Å². The van der Waals surface area contributed by atoms with E-state index in [1.54, 1.807) is 7.05 Å². The lowest BCUT2D eigenvalue weighted by molar-refractivity contribution is 0.124. The van der Waals surface area contributed by atoms with E-state index < -0.39 is 0 Å². The Kier molecular flexibility index (Phi) is 4.95. The number of halogens is 1. The van der Waals surface area contributed by atoms with E-state index in [9.17, 15) is 0 Å². The van der Waals surface area contributed by atoms with E-state index in [1.807, 2.05) is 0 Å². The van der Waals surface area contributed by atoms with Crippen molar-refractivity contribution >= 4 is 23.5 Å². The first kappa shape index (κ1) is 13.3. The Hall–Kier alpha value is -1.14. The monoisotopic (exact) mass is 271 g/mol. The summed E-state index contributed by atoms with van der Waals surface area (Å²) in [5.41, 5.74) is 0. The second-order valence-corrected chi connectivity index (χ2v) is 4.64. The van der Waals surface area contributed by atoms with Crippen LogP contribution >= 0.6 is 11.6 Å². The molecule has 1 saturated carbocycles. The predicted molar refractivity (Wildman–Crippen MR) is 71.0 cm³/mol. The first-order valence-electron chi connectivity index (χ1n) is 6.19. The third-order valence-electron chi connectivity index (χ3n) is 2.63. The van der Waals surface area contributed by atoms with Gasteiger partial charge in [-0.3, -0.25) is 0 Å². The summed E-state index contributed by atoms with van der Waals surface area (Å²) < 4.78 is 5.53. The standard InChI is InChI=1S/C11H18ClN5O/c1-13-10-15-9(12)16-11(17-10)14-5-2-6-18-7-8-3-4-8/h8H,2-7H2,1H3,(H2,13,14,15,16,17). The van der Waals surface area contributed by atoms with Gasteiger partial charge in [0, 0.05) is 26.8 Å². The maximum Gasteiger partial charge on any atom is 0.228 e. The number of hydrogen-bond acceptors (Lipinski definition) is 6. The van der Waals surface area contributed by atoms with Crippen LogP contribution < -0.4 is 10.6 Å². The summed E-state index contributed by atoms with van der Waals surface area (Å²) in [6.45, 7) is 2.43. The summed E-state index contributed by atoms with van der Waals surface area (Å²) in [7, 11) is 1.74. The van der Waals surface area contributed by atoms with Gasteiger partial charge in [-0.2, -0.15) is 15.0 Å². The Morgan fingerprint density at radius 3 is 2.78 bits per heavy atom. The fourth-order valence-corrected chi connectivity index (χ4v) is 1.61. The molecule has 0 bridgehead atoms. The molecule has 2 rings (SSSR count). The lowest BCUT2D eigenvalue weighted by Gasteiger charge is -2.06. The lowest BCUT2D eigenvalue weighted by Crippen LogP contribution is -2.10. The van der Waals surface area contributed by atoms with Gasteiger partial charge in [0.25, 0.3) is 0 Å². The number of hydrogen-bond donors (Lipinski definition) is 2. The topological polar surface area (TPSA) is 72.0 Å². The molecule has 0 aromatic carbocycles. The molecule has 0 amide bonds. The van der Waals surface area contributed by atoms with Crippen LogP contribution in [-0.4, -0.2) is 41.8 Å². The SMILES string of the molecule is CNc1nc(Cl)nc(NCCCOCC2CC2)n1. The molecule has 0 spiro atoms. The second kappa shape index (κ2) is 6.70. The maximum absolute atomic E-state index is 5.77. The van der Waals surface area contributed by atoms with Gasteiger partial charge in [-0.15, -0.1) is 0 Å². The van der Waals surface area contributed by atoms with Crippen molar-refractivity contribution in [1.82, 2.24) is 15.0 Å². The molecular formula is C11H18ClN5O. The molecular weight excluding hydrogens is 254 g/mol. The number of nitrogens with one attached hydrogen (secondary N) is 2. The van der Waals surface area contributed by atoms with Crippen molar-refractivity contribution in [2.75, 3.05) is 37.4 Å². The number of anilines is 2. The molecule has 7 heteroatoms. The number of rotatable bonds is 8. The van der Waals surface area contributed by atoms with Gasteiger partial charge in [0.2, 0.25) is 17.2 Å². The second-order valence-electron chi connectivity index (χ2n) is 4.30. The molecule has 1 aromatic rings. The van der Waals surface area contributed by atoms with E-state index >= 15 is 0 Å². The average Bonchev–Trinajstić information content (AvgIpc) is 3.17. The Labute approximate surface area is 112 Å². The Morgan fingerprint density at radius 1 is 1.28 bits per heavy atom. The van der Waals surface area contributed by atoms with Crippen molar-refractivity contribution in [3.8, 4) is 0 Å². The molecule has 0 radical (unpaired) electrons. The van der Waals surface area contributed by atoms with Crippen LogP contribution in [0.2, 0.25) is 5.28 Å². The summed E-state index contributed by atoms with van der Waals surface area (Å²) in [4.78, 5) is 12.0. The van der Waals surface area contributed by atoms with Crippen LogP contribution in [0.15, 0.2) is 0 Å². The highest BCUT2D eigenvalue weighted by Crippen LogP contribution is 2.28. The predicted octanol–water partition coefficient (Wildman–Crippen LogP) is 1.80. The Bertz CT molecular complexity index is 386. The van der Waals surface area contributed by atoms with E-state index in [2.05, 4.69) is 25.6 Å². The van der Waals surface area contributed by atoms with Gasteiger partial charge in [-0.1, -0.05) is 0 Å². The molecule has 100 valence electrons. The molecule has 1 aliphatic rings. The number of ether oxygens (including phenoxy) is 1. The molecule has 2 N–H and O–H groups in total. The largest absolute Gasteiger partial charge is 0.381 e. The molecule has 0 saturated heterocycles. The summed E-state index contributed by atoms with van der Waals surface area (Å²) in [6.07, 6.45) is 3.58. The number of nitrogens with zero attached hydrogens (tertiary/aromatic N) is 3. The van der Waals surface area contributed by atoms with Gasteiger partial charge in [-0.25, -0.2) is 0 Å². The maximum atomic E-state index is 5.77. The first-order valence-corrected chi connectivity index (χ1v) is 6.56. The first-order chi connectivity index (χ1) is 8.78. The van der Waals surface area contributed by atoms with E-state index in [4.69, 9.17) is 16.3 Å². The highest BCUT2D eigenvalue weighted by Gasteiger charge is 2.20. The molecule has 6 nitrogen and oxygen atoms in total. The molecule has 0 atom stereocenters. The minimum Gasteiger partial charge on any atom is -0.381 e. The van der Waals surface area contributed by atoms with Crippen LogP contribution in [0.3, 0.4) is 0 Å². The molecule has 0 unspecified atom stereocenters. The minimum atomic E-state index is 0.182. The fourth-order valence-electron chi connectivity index (χ4n) is 1.45. The van der Waals surface area contributed by atoms with Gasteiger partial charge in [-0.05, 0) is 36.8 Å². The van der Waals surface area contributed by atoms with Crippen molar-refractivity contribution in [2.24, 2.45) is 5.92 Å². The normalized spacial score (nSPS) is 14.6. The van der Waals surface area contributed by atoms with Crippen molar-refractivity contribution in [2.45, 2.75) is 19.3 Å². The lowest BCUT2D eigenvalue weighted by atomic mass is 10.4. The summed E-state index contributed by atoms with van der Waals surface area (Å²) in [5, 5.41) is 6.11. The van der Waals surface area contributed by atoms with Crippen LogP contribution in [0.25, 0.3) is 0 Å². The van der Waals surface area contributed by atoms with Gasteiger partial charge < -0.3 is 15.4 Å². The Morgan fingerprint density at radius 2 is 2.06 bits per heavy atom. The quantitative estimate of drug-likeness (QED) is 0.703. The smallest absolute Gasteiger partial charge is 0.228 e. The van der Waals surface area contributed by atoms with E-state index in [-0.39, 0.29) is 5.28 Å². The fraction of sp³-hybridized carbons (Fsp3) is 0.727. The van der Waals surface area contributed by atoms with E-state index in [1.165, 1.54) is 12.8 Å². The molecule has 1 aliphatic carbocycles. The number of aromatic nitrogens is 3. The molecule has 18 heavy (non-hydrogen) atoms. The zero-order chi connectivity index (χ0) is 12.8. The van der Waals surface area contributed by atoms with Gasteiger partial charge in [0.05, 0.1) is 0 Å². The van der Waals surface area contributed by atoms with Crippen molar-refractivity contribution in [1.29, 1.82) is 0 Å². The summed E-state index contributed by atoms with van der Waals surface area (Å²) >= 11 is 5.77. The third-order valence-corrected chi connectivity index (χ3v) is 2.80. The van der Waals surface area contributed by atoms with Crippen LogP contribution in [0, 0.1) is 5.92 Å². The van der Waals surface area contributed by atoms with Crippen molar-refractivity contribution in [3.05, 3.63) is 5.28 Å². The highest BCUT2D eigenvalue weighted by atomic mass is 35.5. The minimum absolute atomic E-state index is 0.182. The van der Waals surface area contributed by atoms with Crippen LogP contribution in [0.1, 0.15) is 19.3 Å². The zero-order valence-corrected chi connectivity index (χ0v) is 11.2. The molecule has 1 aromatic heterocycles. The van der Waals surface area contributed by atoms with Gasteiger partial charge >= 0.3 is 0 Å². The van der Waals surface area contributed by atoms with Crippen LogP contribution in [0.5, 0.6) is 0 Å². The van der Waals surface area contributed by atoms with Crippen molar-refractivity contribution < 1.29 is 4.74 Å². The summed E-state index contributed by atoms with van der Waals surface area (Å²) in [5.74, 6) is 1.77. The highest BCUT2D eigenvalue weighted by molar-refractivity contribution is 6.28. The van der Waals surface area contributed by atoms with Gasteiger partial charge in [0.15, 0.2) is 0 Å².